The maximum atomic E-state index is 8.59. The minimum Gasteiger partial charge on any atom is -0.504 e. The summed E-state index contributed by atoms with van der Waals surface area (Å²) in [4.78, 5) is 7.66. The minimum absolute atomic E-state index is 0.0725. The molecular formula is C15H14Cl4N2O2. The molecular weight excluding hydrogens is 382 g/mol. The molecule has 2 heterocycles. The summed E-state index contributed by atoms with van der Waals surface area (Å²) in [7, 11) is 1.56. The molecule has 4 nitrogen and oxygen atoms in total. The van der Waals surface area contributed by atoms with Crippen molar-refractivity contribution in [2.45, 2.75) is 6.42 Å². The van der Waals surface area contributed by atoms with Gasteiger partial charge in [0.05, 0.1) is 13.4 Å². The number of aliphatic hydroxyl groups excluding tert-OH is 1. The molecule has 0 aliphatic rings. The Morgan fingerprint density at radius 2 is 1.61 bits per heavy atom. The van der Waals surface area contributed by atoms with Crippen LogP contribution in [0.25, 0.3) is 6.08 Å². The summed E-state index contributed by atoms with van der Waals surface area (Å²) in [5.41, 5.74) is 1.60. The summed E-state index contributed by atoms with van der Waals surface area (Å²) in [6.45, 7) is 0.0725. The van der Waals surface area contributed by atoms with Gasteiger partial charge in [-0.25, -0.2) is 9.97 Å². The van der Waals surface area contributed by atoms with Gasteiger partial charge in [0, 0.05) is 12.2 Å². The standard InChI is InChI=1S/C8H7Cl2NO.C7H7Cl2NO/c1-12-5-4-6-2-3-7(9)11-8(6)10;8-6-2-1-5(3-4-11)7(9)10-6/h2-5H,1H3;1-2,11H,3-4H2. The Balaban J connectivity index is 0.000000231. The monoisotopic (exact) mass is 394 g/mol. The van der Waals surface area contributed by atoms with E-state index < -0.39 is 0 Å². The zero-order valence-corrected chi connectivity index (χ0v) is 15.2. The molecule has 0 aliphatic heterocycles. The molecule has 0 aliphatic carbocycles. The first-order valence-corrected chi connectivity index (χ1v) is 7.92. The van der Waals surface area contributed by atoms with Gasteiger partial charge in [-0.2, -0.15) is 0 Å². The molecule has 0 spiro atoms. The minimum atomic E-state index is 0.0725. The fourth-order valence-electron chi connectivity index (χ4n) is 1.44. The fraction of sp³-hybridized carbons (Fsp3) is 0.200. The Hall–Kier alpha value is -1.04. The van der Waals surface area contributed by atoms with Crippen molar-refractivity contribution in [2.75, 3.05) is 13.7 Å². The Morgan fingerprint density at radius 3 is 2.13 bits per heavy atom. The summed E-state index contributed by atoms with van der Waals surface area (Å²) in [6.07, 6.45) is 3.76. The SMILES string of the molecule is COC=Cc1ccc(Cl)nc1Cl.OCCc1ccc(Cl)nc1Cl. The molecule has 0 unspecified atom stereocenters. The van der Waals surface area contributed by atoms with Gasteiger partial charge in [-0.05, 0) is 36.3 Å². The number of aromatic nitrogens is 2. The van der Waals surface area contributed by atoms with Crippen LogP contribution in [-0.2, 0) is 11.2 Å². The third-order valence-electron chi connectivity index (χ3n) is 2.50. The molecule has 2 aromatic heterocycles. The largest absolute Gasteiger partial charge is 0.504 e. The van der Waals surface area contributed by atoms with E-state index >= 15 is 0 Å². The Morgan fingerprint density at radius 1 is 1.00 bits per heavy atom. The van der Waals surface area contributed by atoms with Gasteiger partial charge in [0.15, 0.2) is 0 Å². The van der Waals surface area contributed by atoms with Crippen LogP contribution in [0.15, 0.2) is 30.5 Å². The number of aliphatic hydroxyl groups is 1. The highest BCUT2D eigenvalue weighted by Crippen LogP contribution is 2.18. The van der Waals surface area contributed by atoms with Crippen LogP contribution in [-0.4, -0.2) is 28.8 Å². The summed E-state index contributed by atoms with van der Waals surface area (Å²) in [5, 5.41) is 10.1. The number of hydrogen-bond acceptors (Lipinski definition) is 4. The van der Waals surface area contributed by atoms with E-state index in [1.807, 2.05) is 0 Å². The van der Waals surface area contributed by atoms with E-state index in [9.17, 15) is 0 Å². The molecule has 0 bridgehead atoms. The van der Waals surface area contributed by atoms with Crippen LogP contribution >= 0.6 is 46.4 Å². The predicted octanol–water partition coefficient (Wildman–Crippen LogP) is 4.93. The lowest BCUT2D eigenvalue weighted by atomic mass is 10.2. The topological polar surface area (TPSA) is 55.2 Å². The lowest BCUT2D eigenvalue weighted by Gasteiger charge is -1.99. The molecule has 0 fully saturated rings. The molecule has 0 radical (unpaired) electrons. The number of halogens is 4. The fourth-order valence-corrected chi connectivity index (χ4v) is 2.28. The average molecular weight is 396 g/mol. The van der Waals surface area contributed by atoms with Gasteiger partial charge in [-0.1, -0.05) is 52.5 Å². The molecule has 0 amide bonds. The third kappa shape index (κ3) is 7.38. The number of pyridine rings is 2. The Bertz CT molecular complexity index is 666. The molecule has 2 aromatic rings. The number of rotatable bonds is 4. The lowest BCUT2D eigenvalue weighted by Crippen LogP contribution is -1.93. The zero-order valence-electron chi connectivity index (χ0n) is 12.1. The van der Waals surface area contributed by atoms with Crippen molar-refractivity contribution in [1.82, 2.24) is 9.97 Å². The Labute approximate surface area is 154 Å². The van der Waals surface area contributed by atoms with E-state index in [2.05, 4.69) is 9.97 Å². The molecule has 8 heteroatoms. The Kier molecular flexibility index (Phi) is 9.29. The van der Waals surface area contributed by atoms with Crippen molar-refractivity contribution in [3.8, 4) is 0 Å². The molecule has 0 saturated carbocycles. The highest BCUT2D eigenvalue weighted by Gasteiger charge is 2.00. The van der Waals surface area contributed by atoms with Gasteiger partial charge < -0.3 is 9.84 Å². The van der Waals surface area contributed by atoms with Crippen molar-refractivity contribution in [3.63, 3.8) is 0 Å². The van der Waals surface area contributed by atoms with Crippen molar-refractivity contribution in [2.24, 2.45) is 0 Å². The van der Waals surface area contributed by atoms with Crippen LogP contribution in [0.3, 0.4) is 0 Å². The van der Waals surface area contributed by atoms with Gasteiger partial charge in [0.2, 0.25) is 0 Å². The van der Waals surface area contributed by atoms with Gasteiger partial charge >= 0.3 is 0 Å². The second-order valence-corrected chi connectivity index (χ2v) is 5.60. The van der Waals surface area contributed by atoms with Gasteiger partial charge in [-0.15, -0.1) is 0 Å². The van der Waals surface area contributed by atoms with E-state index in [1.54, 1.807) is 37.5 Å². The van der Waals surface area contributed by atoms with E-state index in [1.165, 1.54) is 6.26 Å². The molecule has 124 valence electrons. The molecule has 23 heavy (non-hydrogen) atoms. The van der Waals surface area contributed by atoms with E-state index in [-0.39, 0.29) is 6.61 Å². The first-order valence-electron chi connectivity index (χ1n) is 6.41. The smallest absolute Gasteiger partial charge is 0.138 e. The number of hydrogen-bond donors (Lipinski definition) is 1. The highest BCUT2D eigenvalue weighted by atomic mass is 35.5. The molecule has 0 saturated heterocycles. The summed E-state index contributed by atoms with van der Waals surface area (Å²) < 4.78 is 4.73. The van der Waals surface area contributed by atoms with Crippen LogP contribution < -0.4 is 0 Å². The molecule has 0 aromatic carbocycles. The first-order chi connectivity index (χ1) is 11.0. The molecule has 2 rings (SSSR count). The zero-order chi connectivity index (χ0) is 17.2. The second-order valence-electron chi connectivity index (χ2n) is 4.11. The van der Waals surface area contributed by atoms with Crippen molar-refractivity contribution in [1.29, 1.82) is 0 Å². The maximum absolute atomic E-state index is 8.59. The van der Waals surface area contributed by atoms with E-state index in [0.717, 1.165) is 11.1 Å². The second kappa shape index (κ2) is 10.7. The first kappa shape index (κ1) is 20.0. The average Bonchev–Trinajstić information content (AvgIpc) is 2.50. The van der Waals surface area contributed by atoms with Crippen molar-refractivity contribution < 1.29 is 9.84 Å². The predicted molar refractivity (Wildman–Crippen MR) is 95.3 cm³/mol. The number of ether oxygens (including phenoxy) is 1. The van der Waals surface area contributed by atoms with Crippen LogP contribution in [0.4, 0.5) is 0 Å². The summed E-state index contributed by atoms with van der Waals surface area (Å²) in [5.74, 6) is 0. The summed E-state index contributed by atoms with van der Waals surface area (Å²) >= 11 is 22.6. The van der Waals surface area contributed by atoms with Crippen LogP contribution in [0.2, 0.25) is 20.6 Å². The van der Waals surface area contributed by atoms with E-state index in [0.29, 0.717) is 27.0 Å². The maximum Gasteiger partial charge on any atom is 0.138 e. The lowest BCUT2D eigenvalue weighted by molar-refractivity contribution is 0.299. The van der Waals surface area contributed by atoms with Crippen LogP contribution in [0.5, 0.6) is 0 Å². The normalized spacial score (nSPS) is 10.3. The number of nitrogens with zero attached hydrogens (tertiary/aromatic N) is 2. The van der Waals surface area contributed by atoms with Crippen LogP contribution in [0.1, 0.15) is 11.1 Å². The number of methoxy groups -OCH3 is 1. The van der Waals surface area contributed by atoms with Crippen molar-refractivity contribution >= 4 is 52.5 Å². The molecule has 0 atom stereocenters. The van der Waals surface area contributed by atoms with Gasteiger partial charge in [0.25, 0.3) is 0 Å². The van der Waals surface area contributed by atoms with Crippen molar-refractivity contribution in [3.05, 3.63) is 62.3 Å². The highest BCUT2D eigenvalue weighted by molar-refractivity contribution is 6.33. The summed E-state index contributed by atoms with van der Waals surface area (Å²) in [6, 6.07) is 6.85. The van der Waals surface area contributed by atoms with Gasteiger partial charge in [-0.3, -0.25) is 0 Å². The third-order valence-corrected chi connectivity index (χ3v) is 3.55. The molecule has 1 N–H and O–H groups in total. The van der Waals surface area contributed by atoms with E-state index in [4.69, 9.17) is 56.2 Å². The van der Waals surface area contributed by atoms with Crippen LogP contribution in [0, 0.1) is 0 Å². The quantitative estimate of drug-likeness (QED) is 0.589. The van der Waals surface area contributed by atoms with Gasteiger partial charge in [0.1, 0.15) is 20.6 Å².